The molecule has 2 heterocycles. The molecule has 0 spiro atoms. The first-order valence-corrected chi connectivity index (χ1v) is 9.83. The second-order valence-corrected chi connectivity index (χ2v) is 6.96. The van der Waals surface area contributed by atoms with Crippen LogP contribution in [0.25, 0.3) is 0 Å². The summed E-state index contributed by atoms with van der Waals surface area (Å²) in [5.41, 5.74) is 7.82. The van der Waals surface area contributed by atoms with Gasteiger partial charge < -0.3 is 11.1 Å². The average Bonchev–Trinajstić information content (AvgIpc) is 2.69. The summed E-state index contributed by atoms with van der Waals surface area (Å²) in [6.45, 7) is 2.71. The summed E-state index contributed by atoms with van der Waals surface area (Å²) in [5, 5.41) is 24.4. The van der Waals surface area contributed by atoms with Crippen LogP contribution in [-0.2, 0) is 12.8 Å². The molecule has 0 aliphatic rings. The van der Waals surface area contributed by atoms with Crippen LogP contribution in [0.1, 0.15) is 24.5 Å². The molecule has 0 saturated carbocycles. The Morgan fingerprint density at radius 2 is 1.52 bits per heavy atom. The lowest BCUT2D eigenvalue weighted by atomic mass is 10.1. The molecule has 0 aliphatic heterocycles. The zero-order valence-corrected chi connectivity index (χ0v) is 18.2. The summed E-state index contributed by atoms with van der Waals surface area (Å²) in [7, 11) is 0. The van der Waals surface area contributed by atoms with Gasteiger partial charge >= 0.3 is 0 Å². The van der Waals surface area contributed by atoms with Crippen molar-refractivity contribution in [2.45, 2.75) is 26.2 Å². The summed E-state index contributed by atoms with van der Waals surface area (Å²) in [5.74, 6) is 0. The molecule has 2 rings (SSSR count). The number of allylic oxidation sites excluding steroid dienone is 2. The Morgan fingerprint density at radius 3 is 1.94 bits per heavy atom. The Kier molecular flexibility index (Phi) is 11.6. The van der Waals surface area contributed by atoms with Crippen molar-refractivity contribution < 1.29 is 9.85 Å². The Labute approximate surface area is 189 Å². The molecule has 0 aliphatic carbocycles. The molecular formula is C19H22Cl2N6O4. The van der Waals surface area contributed by atoms with Gasteiger partial charge in [-0.1, -0.05) is 42.3 Å². The van der Waals surface area contributed by atoms with Crippen molar-refractivity contribution >= 4 is 23.2 Å². The quantitative estimate of drug-likeness (QED) is 0.320. The third-order valence-corrected chi connectivity index (χ3v) is 3.96. The fraction of sp³-hybridized carbons (Fsp3) is 0.263. The maximum Gasteiger partial charge on any atom is 0.253 e. The van der Waals surface area contributed by atoms with Crippen molar-refractivity contribution in [1.29, 1.82) is 0 Å². The monoisotopic (exact) mass is 468 g/mol. The topological polar surface area (TPSA) is 150 Å². The lowest BCUT2D eigenvalue weighted by molar-refractivity contribution is -0.403. The Balaban J connectivity index is 0.000000316. The molecule has 10 nitrogen and oxygen atoms in total. The van der Waals surface area contributed by atoms with Gasteiger partial charge in [-0.3, -0.25) is 20.2 Å². The van der Waals surface area contributed by atoms with Gasteiger partial charge in [0.05, 0.1) is 21.2 Å². The predicted molar refractivity (Wildman–Crippen MR) is 119 cm³/mol. The van der Waals surface area contributed by atoms with E-state index in [1.807, 2.05) is 6.92 Å². The average molecular weight is 469 g/mol. The number of halogens is 2. The van der Waals surface area contributed by atoms with Crippen molar-refractivity contribution in [3.8, 4) is 0 Å². The molecule has 0 aromatic carbocycles. The standard InChI is InChI=1S/C11H14ClN3O2.C8H8ClN3O2/c1-2-5-13-10(8-15(16)17)6-9-3-4-11(12)14-7-9;9-8-2-1-6(4-11-8)3-7(10)5-12(13)14/h3-4,7-8,13H,2,5-6H2,1H3;1-2,4-5H,3,10H2/b10-8-;7-5-. The van der Waals surface area contributed by atoms with E-state index in [1.165, 1.54) is 6.20 Å². The summed E-state index contributed by atoms with van der Waals surface area (Å²) in [6.07, 6.45) is 6.57. The van der Waals surface area contributed by atoms with Gasteiger partial charge in [-0.25, -0.2) is 9.97 Å². The highest BCUT2D eigenvalue weighted by atomic mass is 35.5. The van der Waals surface area contributed by atoms with Gasteiger partial charge in [0.25, 0.3) is 12.4 Å². The second-order valence-electron chi connectivity index (χ2n) is 6.19. The largest absolute Gasteiger partial charge is 0.397 e. The minimum absolute atomic E-state index is 0.180. The maximum absolute atomic E-state index is 10.5. The maximum atomic E-state index is 10.5. The molecule has 2 aromatic rings. The molecule has 31 heavy (non-hydrogen) atoms. The van der Waals surface area contributed by atoms with Crippen LogP contribution in [0.15, 0.2) is 60.5 Å². The zero-order chi connectivity index (χ0) is 23.2. The van der Waals surface area contributed by atoms with Crippen LogP contribution >= 0.6 is 23.2 Å². The predicted octanol–water partition coefficient (Wildman–Crippen LogP) is 3.75. The number of aromatic nitrogens is 2. The number of nitrogens with zero attached hydrogens (tertiary/aromatic N) is 4. The van der Waals surface area contributed by atoms with Gasteiger partial charge in [-0.15, -0.1) is 0 Å². The lowest BCUT2D eigenvalue weighted by Gasteiger charge is -2.07. The van der Waals surface area contributed by atoms with Gasteiger partial charge in [-0.2, -0.15) is 0 Å². The first-order valence-electron chi connectivity index (χ1n) is 9.08. The molecule has 0 amide bonds. The number of pyridine rings is 2. The number of nitrogens with one attached hydrogen (secondary N) is 1. The molecule has 12 heteroatoms. The Bertz CT molecular complexity index is 918. The van der Waals surface area contributed by atoms with E-state index < -0.39 is 9.85 Å². The van der Waals surface area contributed by atoms with E-state index in [0.29, 0.717) is 35.4 Å². The van der Waals surface area contributed by atoms with Crippen molar-refractivity contribution in [2.75, 3.05) is 6.54 Å². The normalized spacial score (nSPS) is 11.3. The van der Waals surface area contributed by atoms with E-state index in [-0.39, 0.29) is 5.70 Å². The fourth-order valence-electron chi connectivity index (χ4n) is 2.23. The minimum Gasteiger partial charge on any atom is -0.397 e. The second kappa shape index (κ2) is 13.9. The number of hydrogen-bond acceptors (Lipinski definition) is 8. The van der Waals surface area contributed by atoms with E-state index in [1.54, 1.807) is 30.5 Å². The van der Waals surface area contributed by atoms with E-state index in [0.717, 1.165) is 29.9 Å². The third-order valence-electron chi connectivity index (χ3n) is 3.51. The molecule has 2 aromatic heterocycles. The fourth-order valence-corrected chi connectivity index (χ4v) is 2.45. The first-order chi connectivity index (χ1) is 14.7. The van der Waals surface area contributed by atoms with Crippen LogP contribution in [0, 0.1) is 20.2 Å². The van der Waals surface area contributed by atoms with Crippen LogP contribution in [0.4, 0.5) is 0 Å². The SMILES string of the molecule is CCCN/C(=C\[N+](=O)[O-])Cc1ccc(Cl)nc1.N/C(=C\[N+](=O)[O-])Cc1ccc(Cl)nc1. The van der Waals surface area contributed by atoms with E-state index in [4.69, 9.17) is 28.9 Å². The minimum atomic E-state index is -0.585. The molecule has 0 bridgehead atoms. The number of nitrogens with two attached hydrogens (primary N) is 1. The van der Waals surface area contributed by atoms with Crippen LogP contribution in [0.2, 0.25) is 10.3 Å². The Morgan fingerprint density at radius 1 is 1.00 bits per heavy atom. The highest BCUT2D eigenvalue weighted by Crippen LogP contribution is 2.09. The van der Waals surface area contributed by atoms with Crippen molar-refractivity contribution in [3.05, 3.63) is 102 Å². The molecule has 3 N–H and O–H groups in total. The summed E-state index contributed by atoms with van der Waals surface area (Å²) in [6, 6.07) is 6.80. The third kappa shape index (κ3) is 12.1. The van der Waals surface area contributed by atoms with Crippen molar-refractivity contribution in [3.63, 3.8) is 0 Å². The highest BCUT2D eigenvalue weighted by molar-refractivity contribution is 6.29. The molecule has 0 fully saturated rings. The summed E-state index contributed by atoms with van der Waals surface area (Å²) >= 11 is 11.2. The summed E-state index contributed by atoms with van der Waals surface area (Å²) < 4.78 is 0. The zero-order valence-electron chi connectivity index (χ0n) is 16.7. The van der Waals surface area contributed by atoms with Gasteiger partial charge in [0, 0.05) is 31.8 Å². The molecule has 0 unspecified atom stereocenters. The van der Waals surface area contributed by atoms with E-state index >= 15 is 0 Å². The molecular weight excluding hydrogens is 447 g/mol. The molecule has 0 radical (unpaired) electrons. The number of rotatable bonds is 9. The molecule has 166 valence electrons. The number of hydrogen-bond donors (Lipinski definition) is 2. The number of nitro groups is 2. The highest BCUT2D eigenvalue weighted by Gasteiger charge is 2.04. The summed E-state index contributed by atoms with van der Waals surface area (Å²) in [4.78, 5) is 27.3. The van der Waals surface area contributed by atoms with Gasteiger partial charge in [-0.05, 0) is 29.7 Å². The first kappa shape index (κ1) is 25.8. The van der Waals surface area contributed by atoms with Gasteiger partial charge in [0.2, 0.25) is 0 Å². The Hall–Kier alpha value is -3.24. The van der Waals surface area contributed by atoms with Gasteiger partial charge in [0.15, 0.2) is 0 Å². The van der Waals surface area contributed by atoms with E-state index in [2.05, 4.69) is 15.3 Å². The van der Waals surface area contributed by atoms with Crippen LogP contribution in [0.5, 0.6) is 0 Å². The van der Waals surface area contributed by atoms with E-state index in [9.17, 15) is 20.2 Å². The van der Waals surface area contributed by atoms with Crippen LogP contribution in [0.3, 0.4) is 0 Å². The molecule has 0 atom stereocenters. The van der Waals surface area contributed by atoms with Crippen LogP contribution < -0.4 is 11.1 Å². The van der Waals surface area contributed by atoms with Crippen molar-refractivity contribution in [2.24, 2.45) is 5.73 Å². The lowest BCUT2D eigenvalue weighted by Crippen LogP contribution is -2.17. The van der Waals surface area contributed by atoms with Gasteiger partial charge in [0.1, 0.15) is 10.3 Å². The molecule has 0 saturated heterocycles. The van der Waals surface area contributed by atoms with Crippen LogP contribution in [-0.4, -0.2) is 26.4 Å². The smallest absolute Gasteiger partial charge is 0.253 e. The van der Waals surface area contributed by atoms with Crippen molar-refractivity contribution in [1.82, 2.24) is 15.3 Å².